The van der Waals surface area contributed by atoms with Crippen LogP contribution in [0.15, 0.2) is 24.7 Å². The quantitative estimate of drug-likeness (QED) is 0.484. The number of carbonyl (C=O) groups is 1. The first-order chi connectivity index (χ1) is 15.5. The minimum Gasteiger partial charge on any atom is -0.481 e. The van der Waals surface area contributed by atoms with E-state index >= 15 is 0 Å². The molecule has 2 N–H and O–H groups in total. The van der Waals surface area contributed by atoms with E-state index in [1.54, 1.807) is 10.6 Å². The van der Waals surface area contributed by atoms with Crippen molar-refractivity contribution in [3.63, 3.8) is 0 Å². The molecule has 4 aromatic rings. The molecular weight excluding hydrogens is 435 g/mol. The van der Waals surface area contributed by atoms with Gasteiger partial charge >= 0.3 is 5.97 Å². The highest BCUT2D eigenvalue weighted by molar-refractivity contribution is 6.31. The first-order valence-corrected chi connectivity index (χ1v) is 11.1. The molecule has 2 bridgehead atoms. The van der Waals surface area contributed by atoms with E-state index in [1.165, 1.54) is 18.6 Å². The Morgan fingerprint density at radius 1 is 1.16 bits per heavy atom. The highest BCUT2D eigenvalue weighted by atomic mass is 35.5. The molecule has 0 radical (unpaired) electrons. The largest absolute Gasteiger partial charge is 0.481 e. The van der Waals surface area contributed by atoms with E-state index in [9.17, 15) is 14.3 Å². The maximum Gasteiger partial charge on any atom is 0.308 e. The van der Waals surface area contributed by atoms with Crippen LogP contribution in [0.4, 0.5) is 4.39 Å². The van der Waals surface area contributed by atoms with Crippen molar-refractivity contribution in [2.24, 2.45) is 29.6 Å². The maximum atomic E-state index is 14.9. The number of aromatic amines is 1. The van der Waals surface area contributed by atoms with Crippen LogP contribution in [-0.4, -0.2) is 40.8 Å². The van der Waals surface area contributed by atoms with Gasteiger partial charge in [0, 0.05) is 18.6 Å². The minimum absolute atomic E-state index is 0.152. The number of aliphatic carboxylic acids is 1. The summed E-state index contributed by atoms with van der Waals surface area (Å²) in [5.41, 5.74) is 1.42. The summed E-state index contributed by atoms with van der Waals surface area (Å²) in [5, 5.41) is 18.6. The van der Waals surface area contributed by atoms with Crippen molar-refractivity contribution in [2.75, 3.05) is 0 Å². The van der Waals surface area contributed by atoms with Gasteiger partial charge in [-0.1, -0.05) is 11.6 Å². The molecular formula is C22H18ClFN6O2. The molecule has 162 valence electrons. The van der Waals surface area contributed by atoms with Crippen molar-refractivity contribution in [3.8, 4) is 11.5 Å². The number of hydrogen-bond donors (Lipinski definition) is 2. The molecule has 0 amide bonds. The molecule has 0 saturated heterocycles. The van der Waals surface area contributed by atoms with Crippen molar-refractivity contribution in [1.82, 2.24) is 29.7 Å². The third kappa shape index (κ3) is 2.40. The first kappa shape index (κ1) is 18.5. The highest BCUT2D eigenvalue weighted by Crippen LogP contribution is 2.67. The fraction of sp³-hybridized carbons (Fsp3) is 0.409. The van der Waals surface area contributed by atoms with E-state index in [4.69, 9.17) is 11.6 Å². The summed E-state index contributed by atoms with van der Waals surface area (Å²) >= 11 is 6.11. The average molecular weight is 453 g/mol. The lowest BCUT2D eigenvalue weighted by atomic mass is 9.61. The lowest BCUT2D eigenvalue weighted by Gasteiger charge is -2.47. The molecule has 0 aromatic carbocycles. The van der Waals surface area contributed by atoms with Crippen molar-refractivity contribution in [1.29, 1.82) is 0 Å². The summed E-state index contributed by atoms with van der Waals surface area (Å²) in [6, 6.07) is 1.42. The number of pyridine rings is 1. The van der Waals surface area contributed by atoms with E-state index < -0.39 is 17.7 Å². The Bertz CT molecular complexity index is 1430. The van der Waals surface area contributed by atoms with E-state index in [-0.39, 0.29) is 23.3 Å². The first-order valence-electron chi connectivity index (χ1n) is 10.8. The fourth-order valence-electron chi connectivity index (χ4n) is 6.51. The Kier molecular flexibility index (Phi) is 3.61. The summed E-state index contributed by atoms with van der Waals surface area (Å²) in [5.74, 6) is 0.00471. The zero-order valence-electron chi connectivity index (χ0n) is 16.7. The van der Waals surface area contributed by atoms with Gasteiger partial charge in [0.25, 0.3) is 0 Å². The monoisotopic (exact) mass is 452 g/mol. The summed E-state index contributed by atoms with van der Waals surface area (Å²) in [4.78, 5) is 25.5. The van der Waals surface area contributed by atoms with E-state index in [0.717, 1.165) is 19.3 Å². The molecule has 4 fully saturated rings. The number of fused-ring (bicyclic) bond motifs is 4. The predicted molar refractivity (Wildman–Crippen MR) is 113 cm³/mol. The lowest BCUT2D eigenvalue weighted by molar-refractivity contribution is -0.151. The third-order valence-electron chi connectivity index (χ3n) is 7.82. The second kappa shape index (κ2) is 6.25. The highest BCUT2D eigenvalue weighted by Gasteiger charge is 2.63. The molecule has 0 aliphatic heterocycles. The van der Waals surface area contributed by atoms with Gasteiger partial charge in [-0.2, -0.15) is 5.10 Å². The van der Waals surface area contributed by atoms with Gasteiger partial charge in [0.1, 0.15) is 11.3 Å². The molecule has 8 nitrogen and oxygen atoms in total. The number of H-pyrrole nitrogens is 1. The zero-order chi connectivity index (χ0) is 21.7. The van der Waals surface area contributed by atoms with Crippen LogP contribution >= 0.6 is 11.6 Å². The standard InChI is InChI=1S/C22H18ClFN6O2/c23-8-3-13-17(28-29-19(13)25-5-8)20-26-6-14-15(24)7-30(21(14)27-20)18-10-2-1-9(11-4-12(10)11)16(18)22(31)32/h3,5-7,9-12,16,18H,1-2,4H2,(H,31,32)(H,25,28,29)/t9-,10+,11-,12+,16-,18-/m0/s1. The Morgan fingerprint density at radius 3 is 2.81 bits per heavy atom. The zero-order valence-corrected chi connectivity index (χ0v) is 17.5. The van der Waals surface area contributed by atoms with Gasteiger partial charge in [0.15, 0.2) is 17.3 Å². The van der Waals surface area contributed by atoms with Crippen LogP contribution in [0, 0.1) is 35.4 Å². The van der Waals surface area contributed by atoms with E-state index in [1.807, 2.05) is 0 Å². The van der Waals surface area contributed by atoms with Crippen LogP contribution in [0.2, 0.25) is 5.02 Å². The molecule has 0 unspecified atom stereocenters. The molecule has 4 saturated carbocycles. The number of halogens is 2. The molecule has 4 heterocycles. The minimum atomic E-state index is -0.799. The number of rotatable bonds is 3. The number of carboxylic acids is 1. The Morgan fingerprint density at radius 2 is 1.97 bits per heavy atom. The molecule has 6 atom stereocenters. The topological polar surface area (TPSA) is 110 Å². The molecule has 8 rings (SSSR count). The Hall–Kier alpha value is -3.07. The molecule has 0 spiro atoms. The lowest BCUT2D eigenvalue weighted by Crippen LogP contribution is -2.46. The fourth-order valence-corrected chi connectivity index (χ4v) is 6.67. The van der Waals surface area contributed by atoms with Gasteiger partial charge < -0.3 is 9.67 Å². The van der Waals surface area contributed by atoms with Gasteiger partial charge in [0.05, 0.1) is 27.8 Å². The van der Waals surface area contributed by atoms with E-state index in [2.05, 4.69) is 25.1 Å². The van der Waals surface area contributed by atoms with Gasteiger partial charge in [0.2, 0.25) is 0 Å². The van der Waals surface area contributed by atoms with Crippen molar-refractivity contribution < 1.29 is 14.3 Å². The SMILES string of the molecule is O=C(O)[C@H]1[C@H]2CC[C@H]([C@H]3C[C@H]32)[C@@H]1n1cc(F)c2cnc(-c3[nH]nc4ncc(Cl)cc34)nc21. The molecule has 4 aliphatic rings. The van der Waals surface area contributed by atoms with Crippen molar-refractivity contribution in [3.05, 3.63) is 35.5 Å². The van der Waals surface area contributed by atoms with Crippen LogP contribution in [0.5, 0.6) is 0 Å². The summed E-state index contributed by atoms with van der Waals surface area (Å²) in [6.45, 7) is 0. The maximum absolute atomic E-state index is 14.9. The number of nitrogens with one attached hydrogen (secondary N) is 1. The molecule has 4 aromatic heterocycles. The van der Waals surface area contributed by atoms with Crippen LogP contribution < -0.4 is 0 Å². The van der Waals surface area contributed by atoms with Crippen LogP contribution in [0.3, 0.4) is 0 Å². The Labute approximate surface area is 185 Å². The van der Waals surface area contributed by atoms with Crippen LogP contribution in [0.1, 0.15) is 25.3 Å². The smallest absolute Gasteiger partial charge is 0.308 e. The normalized spacial score (nSPS) is 30.7. The van der Waals surface area contributed by atoms with Crippen molar-refractivity contribution in [2.45, 2.75) is 25.3 Å². The Balaban J connectivity index is 1.41. The predicted octanol–water partition coefficient (Wildman–Crippen LogP) is 4.08. The second-order valence-electron chi connectivity index (χ2n) is 9.26. The number of nitrogens with zero attached hydrogens (tertiary/aromatic N) is 5. The van der Waals surface area contributed by atoms with E-state index in [0.29, 0.717) is 45.1 Å². The summed E-state index contributed by atoms with van der Waals surface area (Å²) in [6.07, 6.45) is 7.38. The second-order valence-corrected chi connectivity index (χ2v) is 9.70. The summed E-state index contributed by atoms with van der Waals surface area (Å²) < 4.78 is 16.7. The molecule has 4 aliphatic carbocycles. The van der Waals surface area contributed by atoms with Gasteiger partial charge in [-0.05, 0) is 49.0 Å². The number of aromatic nitrogens is 6. The van der Waals surface area contributed by atoms with Gasteiger partial charge in [-0.3, -0.25) is 9.89 Å². The van der Waals surface area contributed by atoms with Crippen LogP contribution in [0.25, 0.3) is 33.6 Å². The number of hydrogen-bond acceptors (Lipinski definition) is 5. The molecule has 10 heteroatoms. The molecule has 32 heavy (non-hydrogen) atoms. The third-order valence-corrected chi connectivity index (χ3v) is 8.03. The summed E-state index contributed by atoms with van der Waals surface area (Å²) in [7, 11) is 0. The van der Waals surface area contributed by atoms with Crippen LogP contribution in [-0.2, 0) is 4.79 Å². The number of carboxylic acid groups (broad SMARTS) is 1. The van der Waals surface area contributed by atoms with Gasteiger partial charge in [-0.25, -0.2) is 19.3 Å². The van der Waals surface area contributed by atoms with Crippen molar-refractivity contribution >= 4 is 39.6 Å². The van der Waals surface area contributed by atoms with Gasteiger partial charge in [-0.15, -0.1) is 0 Å². The average Bonchev–Trinajstić information content (AvgIpc) is 3.43.